The molecule has 0 saturated heterocycles. The van der Waals surface area contributed by atoms with Gasteiger partial charge in [0.25, 0.3) is 0 Å². The summed E-state index contributed by atoms with van der Waals surface area (Å²) in [6.07, 6.45) is 2.48. The maximum Gasteiger partial charge on any atom is 0.138 e. The van der Waals surface area contributed by atoms with Crippen LogP contribution in [0.15, 0.2) is 43.0 Å². The highest BCUT2D eigenvalue weighted by atomic mass is 35.5. The molecule has 1 aliphatic heterocycles. The highest BCUT2D eigenvalue weighted by Gasteiger charge is 2.37. The number of hydrogen-bond donors (Lipinski definition) is 0. The minimum absolute atomic E-state index is 0.0842. The minimum atomic E-state index is -0.0842. The Hall–Kier alpha value is -2.13. The maximum absolute atomic E-state index is 6.57. The summed E-state index contributed by atoms with van der Waals surface area (Å²) in [6, 6.07) is 9.89. The van der Waals surface area contributed by atoms with Gasteiger partial charge in [0.05, 0.1) is 19.2 Å². The van der Waals surface area contributed by atoms with Gasteiger partial charge >= 0.3 is 0 Å². The van der Waals surface area contributed by atoms with Crippen LogP contribution < -0.4 is 14.2 Å². The van der Waals surface area contributed by atoms with Gasteiger partial charge in [0.15, 0.2) is 0 Å². The van der Waals surface area contributed by atoms with Crippen LogP contribution in [0.1, 0.15) is 35.6 Å². The van der Waals surface area contributed by atoms with Crippen molar-refractivity contribution in [1.82, 2.24) is 0 Å². The van der Waals surface area contributed by atoms with Gasteiger partial charge in [-0.15, -0.1) is 6.58 Å². The summed E-state index contributed by atoms with van der Waals surface area (Å²) in [5, 5.41) is 0.629. The molecule has 2 atom stereocenters. The Bertz CT molecular complexity index is 752. The Balaban J connectivity index is 2.04. The van der Waals surface area contributed by atoms with Gasteiger partial charge in [0, 0.05) is 17.0 Å². The van der Waals surface area contributed by atoms with E-state index in [9.17, 15) is 0 Å². The van der Waals surface area contributed by atoms with E-state index in [1.165, 1.54) is 0 Å². The summed E-state index contributed by atoms with van der Waals surface area (Å²) in [5.74, 6) is 2.49. The molecule has 0 aromatic heterocycles. The van der Waals surface area contributed by atoms with Gasteiger partial charge in [-0.25, -0.2) is 0 Å². The summed E-state index contributed by atoms with van der Waals surface area (Å²) >= 11 is 6.57. The normalized spacial score (nSPS) is 18.7. The molecule has 3 nitrogen and oxygen atoms in total. The monoisotopic (exact) mass is 344 g/mol. The van der Waals surface area contributed by atoms with Gasteiger partial charge in [-0.05, 0) is 30.2 Å². The summed E-state index contributed by atoms with van der Waals surface area (Å²) in [5.41, 5.74) is 3.15. The van der Waals surface area contributed by atoms with Crippen LogP contribution in [0.5, 0.6) is 17.2 Å². The molecule has 0 bridgehead atoms. The first-order valence-corrected chi connectivity index (χ1v) is 8.29. The lowest BCUT2D eigenvalue weighted by molar-refractivity contribution is 0.214. The average Bonchev–Trinajstić information content (AvgIpc) is 2.95. The Morgan fingerprint density at radius 2 is 1.92 bits per heavy atom. The molecule has 0 aliphatic carbocycles. The van der Waals surface area contributed by atoms with Crippen molar-refractivity contribution in [2.45, 2.75) is 25.4 Å². The number of ether oxygens (including phenoxy) is 3. The number of rotatable bonds is 5. The van der Waals surface area contributed by atoms with E-state index in [0.717, 1.165) is 28.2 Å². The van der Waals surface area contributed by atoms with Gasteiger partial charge in [-0.2, -0.15) is 0 Å². The van der Waals surface area contributed by atoms with E-state index in [2.05, 4.69) is 13.5 Å². The summed E-state index contributed by atoms with van der Waals surface area (Å²) in [4.78, 5) is 0. The van der Waals surface area contributed by atoms with Crippen LogP contribution >= 0.6 is 11.6 Å². The third-order valence-electron chi connectivity index (χ3n) is 4.48. The zero-order valence-electron chi connectivity index (χ0n) is 14.1. The van der Waals surface area contributed by atoms with Crippen LogP contribution in [0.25, 0.3) is 0 Å². The molecule has 4 heteroatoms. The van der Waals surface area contributed by atoms with E-state index in [-0.39, 0.29) is 12.0 Å². The summed E-state index contributed by atoms with van der Waals surface area (Å²) in [7, 11) is 3.29. The maximum atomic E-state index is 6.57. The fourth-order valence-electron chi connectivity index (χ4n) is 3.22. The Kier molecular flexibility index (Phi) is 4.72. The third kappa shape index (κ3) is 2.73. The highest BCUT2D eigenvalue weighted by Crippen LogP contribution is 2.53. The molecule has 0 saturated carbocycles. The predicted molar refractivity (Wildman–Crippen MR) is 96.7 cm³/mol. The first-order valence-electron chi connectivity index (χ1n) is 7.91. The number of fused-ring (bicyclic) bond motifs is 1. The lowest BCUT2D eigenvalue weighted by atomic mass is 9.91. The van der Waals surface area contributed by atoms with Gasteiger partial charge in [0.1, 0.15) is 23.4 Å². The van der Waals surface area contributed by atoms with Crippen LogP contribution in [0.3, 0.4) is 0 Å². The number of methoxy groups -OCH3 is 2. The quantitative estimate of drug-likeness (QED) is 0.687. The van der Waals surface area contributed by atoms with Crippen molar-refractivity contribution in [1.29, 1.82) is 0 Å². The van der Waals surface area contributed by atoms with Gasteiger partial charge in [-0.3, -0.25) is 0 Å². The first kappa shape index (κ1) is 16.7. The molecule has 0 N–H and O–H groups in total. The van der Waals surface area contributed by atoms with E-state index >= 15 is 0 Å². The average molecular weight is 345 g/mol. The molecule has 126 valence electrons. The third-order valence-corrected chi connectivity index (χ3v) is 4.87. The summed E-state index contributed by atoms with van der Waals surface area (Å²) < 4.78 is 17.0. The molecule has 0 radical (unpaired) electrons. The second-order valence-corrected chi connectivity index (χ2v) is 6.27. The van der Waals surface area contributed by atoms with Crippen molar-refractivity contribution >= 4 is 11.6 Å². The van der Waals surface area contributed by atoms with Crippen molar-refractivity contribution in [3.05, 3.63) is 64.7 Å². The Labute approximate surface area is 147 Å². The van der Waals surface area contributed by atoms with Crippen molar-refractivity contribution in [3.8, 4) is 17.2 Å². The van der Waals surface area contributed by atoms with Crippen LogP contribution in [-0.2, 0) is 6.42 Å². The predicted octanol–water partition coefficient (Wildman–Crippen LogP) is 5.32. The van der Waals surface area contributed by atoms with E-state index in [1.807, 2.05) is 36.4 Å². The van der Waals surface area contributed by atoms with Crippen molar-refractivity contribution in [2.24, 2.45) is 0 Å². The first-order chi connectivity index (χ1) is 11.6. The minimum Gasteiger partial charge on any atom is -0.497 e. The zero-order chi connectivity index (χ0) is 17.3. The lowest BCUT2D eigenvalue weighted by Gasteiger charge is -2.16. The van der Waals surface area contributed by atoms with Crippen molar-refractivity contribution in [3.63, 3.8) is 0 Å². The molecule has 0 spiro atoms. The number of hydrogen-bond acceptors (Lipinski definition) is 3. The lowest BCUT2D eigenvalue weighted by Crippen LogP contribution is -2.07. The molecular weight excluding hydrogens is 324 g/mol. The molecule has 1 aliphatic rings. The highest BCUT2D eigenvalue weighted by molar-refractivity contribution is 6.33. The van der Waals surface area contributed by atoms with Crippen LogP contribution in [-0.4, -0.2) is 14.2 Å². The zero-order valence-corrected chi connectivity index (χ0v) is 14.9. The topological polar surface area (TPSA) is 27.7 Å². The summed E-state index contributed by atoms with van der Waals surface area (Å²) in [6.45, 7) is 5.96. The van der Waals surface area contributed by atoms with Crippen molar-refractivity contribution < 1.29 is 14.2 Å². The molecule has 2 aromatic rings. The molecule has 1 heterocycles. The SMILES string of the molecule is C=CCc1cc(OC)c(Cl)c2c1O[C@H](c1ccc(OC)cc1)[C@H]2C. The molecule has 24 heavy (non-hydrogen) atoms. The molecule has 0 fully saturated rings. The molecule has 0 amide bonds. The second kappa shape index (κ2) is 6.78. The van der Waals surface area contributed by atoms with Gasteiger partial charge in [-0.1, -0.05) is 36.7 Å². The van der Waals surface area contributed by atoms with Crippen molar-refractivity contribution in [2.75, 3.05) is 14.2 Å². The largest absolute Gasteiger partial charge is 0.497 e. The fraction of sp³-hybridized carbons (Fsp3) is 0.300. The molecule has 0 unspecified atom stereocenters. The van der Waals surface area contributed by atoms with Gasteiger partial charge < -0.3 is 14.2 Å². The van der Waals surface area contributed by atoms with E-state index in [0.29, 0.717) is 17.2 Å². The fourth-order valence-corrected chi connectivity index (χ4v) is 3.61. The standard InChI is InChI=1S/C20H21ClO3/c1-5-6-14-11-16(23-4)18(21)17-12(2)19(24-20(14)17)13-7-9-15(22-3)10-8-13/h5,7-12,19H,1,6H2,2-4H3/t12-,19-/m0/s1. The second-order valence-electron chi connectivity index (χ2n) is 5.89. The Morgan fingerprint density at radius 3 is 2.50 bits per heavy atom. The number of allylic oxidation sites excluding steroid dienone is 1. The number of benzene rings is 2. The van der Waals surface area contributed by atoms with E-state index < -0.39 is 0 Å². The molecular formula is C20H21ClO3. The van der Waals surface area contributed by atoms with Crippen LogP contribution in [0.2, 0.25) is 5.02 Å². The van der Waals surface area contributed by atoms with Gasteiger partial charge in [0.2, 0.25) is 0 Å². The molecule has 3 rings (SSSR count). The van der Waals surface area contributed by atoms with E-state index in [1.54, 1.807) is 14.2 Å². The molecule has 2 aromatic carbocycles. The van der Waals surface area contributed by atoms with Crippen LogP contribution in [0.4, 0.5) is 0 Å². The van der Waals surface area contributed by atoms with E-state index in [4.69, 9.17) is 25.8 Å². The Morgan fingerprint density at radius 1 is 1.21 bits per heavy atom. The van der Waals surface area contributed by atoms with Crippen LogP contribution in [0, 0.1) is 0 Å². The number of halogens is 1. The smallest absolute Gasteiger partial charge is 0.138 e.